The molecule has 0 saturated heterocycles. The number of thiophene rings is 1. The number of hydrogen-bond acceptors (Lipinski definition) is 6. The van der Waals surface area contributed by atoms with Gasteiger partial charge in [0.25, 0.3) is 11.4 Å². The van der Waals surface area contributed by atoms with Crippen molar-refractivity contribution in [3.8, 4) is 11.4 Å². The monoisotopic (exact) mass is 378 g/mol. The van der Waals surface area contributed by atoms with Gasteiger partial charge in [-0.2, -0.15) is 4.98 Å². The quantitative estimate of drug-likeness (QED) is 0.515. The first-order valence-corrected chi connectivity index (χ1v) is 9.60. The van der Waals surface area contributed by atoms with E-state index in [0.29, 0.717) is 24.0 Å². The van der Waals surface area contributed by atoms with E-state index in [0.717, 1.165) is 27.9 Å². The lowest BCUT2D eigenvalue weighted by atomic mass is 10.1. The van der Waals surface area contributed by atoms with E-state index in [-0.39, 0.29) is 5.56 Å². The zero-order valence-corrected chi connectivity index (χ0v) is 15.9. The van der Waals surface area contributed by atoms with Crippen LogP contribution in [0, 0.1) is 6.92 Å². The molecule has 7 heteroatoms. The fourth-order valence-corrected chi connectivity index (χ4v) is 3.54. The lowest BCUT2D eigenvalue weighted by molar-refractivity contribution is 0.411. The Labute approximate surface area is 159 Å². The third-order valence-corrected chi connectivity index (χ3v) is 5.03. The third-order valence-electron chi connectivity index (χ3n) is 4.19. The van der Waals surface area contributed by atoms with E-state index in [4.69, 9.17) is 4.52 Å². The predicted octanol–water partition coefficient (Wildman–Crippen LogP) is 4.40. The van der Waals surface area contributed by atoms with E-state index in [1.807, 2.05) is 48.7 Å². The molecule has 0 saturated carbocycles. The van der Waals surface area contributed by atoms with Gasteiger partial charge in [-0.15, -0.1) is 11.3 Å². The topological polar surface area (TPSA) is 73.8 Å². The highest BCUT2D eigenvalue weighted by atomic mass is 32.1. The molecule has 0 fully saturated rings. The minimum absolute atomic E-state index is 0.0438. The highest BCUT2D eigenvalue weighted by molar-refractivity contribution is 7.10. The van der Waals surface area contributed by atoms with E-state index in [1.165, 1.54) is 0 Å². The second-order valence-corrected chi connectivity index (χ2v) is 7.14. The minimum Gasteiger partial charge on any atom is -0.334 e. The van der Waals surface area contributed by atoms with Gasteiger partial charge in [-0.05, 0) is 49.1 Å². The van der Waals surface area contributed by atoms with Crippen molar-refractivity contribution in [3.63, 3.8) is 0 Å². The van der Waals surface area contributed by atoms with Gasteiger partial charge in [0.2, 0.25) is 5.82 Å². The van der Waals surface area contributed by atoms with Gasteiger partial charge in [0.05, 0.1) is 11.0 Å². The first kappa shape index (κ1) is 17.4. The zero-order chi connectivity index (χ0) is 18.8. The summed E-state index contributed by atoms with van der Waals surface area (Å²) in [5.41, 5.74) is 2.81. The molecular weight excluding hydrogens is 360 g/mol. The lowest BCUT2D eigenvalue weighted by Gasteiger charge is -2.10. The number of rotatable bonds is 5. The van der Waals surface area contributed by atoms with Crippen LogP contribution >= 0.6 is 11.3 Å². The van der Waals surface area contributed by atoms with Crippen LogP contribution in [0.3, 0.4) is 0 Å². The molecule has 3 heterocycles. The summed E-state index contributed by atoms with van der Waals surface area (Å²) in [4.78, 5) is 22.4. The molecule has 0 aliphatic carbocycles. The average molecular weight is 378 g/mol. The molecule has 136 valence electrons. The standard InChI is InChI=1S/C20H18N4O2S/c1-3-10-24-17-8-6-14(12-16(17)21-13(2)20(24)25)19-22-18(26-23-19)9-7-15-5-4-11-27-15/h4-9,11-12H,3,10H2,1-2H3/b9-7+. The maximum absolute atomic E-state index is 12.4. The van der Waals surface area contributed by atoms with Crippen molar-refractivity contribution in [1.29, 1.82) is 0 Å². The summed E-state index contributed by atoms with van der Waals surface area (Å²) in [6.45, 7) is 4.45. The van der Waals surface area contributed by atoms with E-state index < -0.39 is 0 Å². The molecule has 0 radical (unpaired) electrons. The number of fused-ring (bicyclic) bond motifs is 1. The molecule has 3 aromatic heterocycles. The molecule has 0 aliphatic heterocycles. The molecule has 1 aromatic carbocycles. The van der Waals surface area contributed by atoms with Crippen molar-refractivity contribution >= 4 is 34.5 Å². The Morgan fingerprint density at radius 2 is 2.11 bits per heavy atom. The second-order valence-electron chi connectivity index (χ2n) is 6.16. The van der Waals surface area contributed by atoms with Gasteiger partial charge < -0.3 is 9.09 Å². The summed E-state index contributed by atoms with van der Waals surface area (Å²) in [5, 5.41) is 6.08. The summed E-state index contributed by atoms with van der Waals surface area (Å²) in [6, 6.07) is 9.69. The van der Waals surface area contributed by atoms with E-state index >= 15 is 0 Å². The maximum Gasteiger partial charge on any atom is 0.272 e. The average Bonchev–Trinajstić information content (AvgIpc) is 3.35. The van der Waals surface area contributed by atoms with Gasteiger partial charge in [-0.3, -0.25) is 4.79 Å². The Balaban J connectivity index is 1.70. The van der Waals surface area contributed by atoms with E-state index in [1.54, 1.807) is 28.9 Å². The van der Waals surface area contributed by atoms with Crippen molar-refractivity contribution in [1.82, 2.24) is 19.7 Å². The smallest absolute Gasteiger partial charge is 0.272 e. The molecule has 0 amide bonds. The predicted molar refractivity (Wildman–Crippen MR) is 108 cm³/mol. The number of nitrogens with zero attached hydrogens (tertiary/aromatic N) is 4. The first-order chi connectivity index (χ1) is 13.2. The van der Waals surface area contributed by atoms with Crippen LogP contribution in [0.25, 0.3) is 34.6 Å². The summed E-state index contributed by atoms with van der Waals surface area (Å²) in [5.74, 6) is 0.939. The number of hydrogen-bond donors (Lipinski definition) is 0. The molecule has 0 aliphatic rings. The molecule has 4 aromatic rings. The fraction of sp³-hybridized carbons (Fsp3) is 0.200. The number of aryl methyl sites for hydroxylation is 2. The Morgan fingerprint density at radius 3 is 2.89 bits per heavy atom. The van der Waals surface area contributed by atoms with Crippen LogP contribution in [0.4, 0.5) is 0 Å². The number of aromatic nitrogens is 4. The molecule has 0 spiro atoms. The molecule has 27 heavy (non-hydrogen) atoms. The van der Waals surface area contributed by atoms with Crippen molar-refractivity contribution < 1.29 is 4.52 Å². The Kier molecular flexibility index (Phi) is 4.68. The van der Waals surface area contributed by atoms with Crippen molar-refractivity contribution in [2.24, 2.45) is 0 Å². The molecule has 6 nitrogen and oxygen atoms in total. The van der Waals surface area contributed by atoms with Crippen LogP contribution in [0.5, 0.6) is 0 Å². The molecule has 0 bridgehead atoms. The van der Waals surface area contributed by atoms with E-state index in [2.05, 4.69) is 15.1 Å². The van der Waals surface area contributed by atoms with Gasteiger partial charge in [0.15, 0.2) is 0 Å². The molecule has 0 N–H and O–H groups in total. The van der Waals surface area contributed by atoms with Crippen LogP contribution < -0.4 is 5.56 Å². The second kappa shape index (κ2) is 7.28. The lowest BCUT2D eigenvalue weighted by Crippen LogP contribution is -2.24. The van der Waals surface area contributed by atoms with Gasteiger partial charge in [0.1, 0.15) is 5.69 Å². The molecular formula is C20H18N4O2S. The van der Waals surface area contributed by atoms with E-state index in [9.17, 15) is 4.79 Å². The maximum atomic E-state index is 12.4. The number of benzene rings is 1. The summed E-state index contributed by atoms with van der Waals surface area (Å²) < 4.78 is 7.09. The molecule has 4 rings (SSSR count). The van der Waals surface area contributed by atoms with Crippen molar-refractivity contribution in [2.45, 2.75) is 26.8 Å². The summed E-state index contributed by atoms with van der Waals surface area (Å²) in [7, 11) is 0. The normalized spacial score (nSPS) is 11.6. The highest BCUT2D eigenvalue weighted by Gasteiger charge is 2.12. The van der Waals surface area contributed by atoms with Crippen LogP contribution in [0.15, 0.2) is 45.0 Å². The van der Waals surface area contributed by atoms with Crippen LogP contribution in [-0.2, 0) is 6.54 Å². The van der Waals surface area contributed by atoms with Crippen molar-refractivity contribution in [2.75, 3.05) is 0 Å². The minimum atomic E-state index is -0.0438. The highest BCUT2D eigenvalue weighted by Crippen LogP contribution is 2.22. The fourth-order valence-electron chi connectivity index (χ4n) is 2.92. The molecule has 0 atom stereocenters. The summed E-state index contributed by atoms with van der Waals surface area (Å²) in [6.07, 6.45) is 4.62. The molecule has 0 unspecified atom stereocenters. The Morgan fingerprint density at radius 1 is 1.22 bits per heavy atom. The van der Waals surface area contributed by atoms with Crippen LogP contribution in [0.1, 0.15) is 29.8 Å². The van der Waals surface area contributed by atoms with Crippen molar-refractivity contribution in [3.05, 3.63) is 62.5 Å². The van der Waals surface area contributed by atoms with Gasteiger partial charge >= 0.3 is 0 Å². The van der Waals surface area contributed by atoms with Crippen LogP contribution in [0.2, 0.25) is 0 Å². The van der Waals surface area contributed by atoms with Crippen LogP contribution in [-0.4, -0.2) is 19.7 Å². The zero-order valence-electron chi connectivity index (χ0n) is 15.0. The van der Waals surface area contributed by atoms with Gasteiger partial charge in [0, 0.05) is 23.1 Å². The Bertz CT molecular complexity index is 1170. The van der Waals surface area contributed by atoms with Gasteiger partial charge in [-0.1, -0.05) is 18.1 Å². The first-order valence-electron chi connectivity index (χ1n) is 8.72. The summed E-state index contributed by atoms with van der Waals surface area (Å²) >= 11 is 1.64. The third kappa shape index (κ3) is 3.46. The SMILES string of the molecule is CCCn1c(=O)c(C)nc2cc(-c3noc(/C=C/c4cccs4)n3)ccc21. The largest absolute Gasteiger partial charge is 0.334 e. The Hall–Kier alpha value is -3.06. The van der Waals surface area contributed by atoms with Gasteiger partial charge in [-0.25, -0.2) is 4.98 Å².